The predicted octanol–water partition coefficient (Wildman–Crippen LogP) is 17.1. The lowest BCUT2D eigenvalue weighted by Crippen LogP contribution is -2.11. The van der Waals surface area contributed by atoms with E-state index in [1.807, 2.05) is 0 Å². The molecule has 11 rings (SSSR count). The number of fused-ring (bicyclic) bond motifs is 6. The molecule has 0 fully saturated rings. The Labute approximate surface area is 362 Å². The molecule has 0 amide bonds. The van der Waals surface area contributed by atoms with Gasteiger partial charge in [-0.25, -0.2) is 0 Å². The summed E-state index contributed by atoms with van der Waals surface area (Å²) < 4.78 is 6.52. The first-order chi connectivity index (χ1) is 30.6. The van der Waals surface area contributed by atoms with Crippen LogP contribution in [-0.2, 0) is 0 Å². The molecule has 1 heterocycles. The van der Waals surface area contributed by atoms with Crippen molar-refractivity contribution in [2.24, 2.45) is 5.92 Å². The zero-order valence-corrected chi connectivity index (χ0v) is 34.3. The summed E-state index contributed by atoms with van der Waals surface area (Å²) in [6.07, 6.45) is 13.9. The lowest BCUT2D eigenvalue weighted by atomic mass is 9.92. The van der Waals surface area contributed by atoms with Crippen molar-refractivity contribution in [3.63, 3.8) is 0 Å². The predicted molar refractivity (Wildman–Crippen MR) is 264 cm³/mol. The van der Waals surface area contributed by atoms with Gasteiger partial charge in [-0.15, -0.1) is 0 Å². The van der Waals surface area contributed by atoms with Crippen LogP contribution in [0.15, 0.2) is 241 Å². The molecule has 1 aliphatic carbocycles. The number of allylic oxidation sites excluding steroid dienone is 6. The van der Waals surface area contributed by atoms with Crippen molar-refractivity contribution in [2.45, 2.75) is 6.42 Å². The van der Waals surface area contributed by atoms with Gasteiger partial charge >= 0.3 is 0 Å². The van der Waals surface area contributed by atoms with Crippen LogP contribution in [0.1, 0.15) is 12.0 Å². The number of rotatable bonds is 9. The second-order valence-corrected chi connectivity index (χ2v) is 16.2. The minimum atomic E-state index is 0.338. The molecule has 10 aromatic rings. The zero-order chi connectivity index (χ0) is 41.4. The lowest BCUT2D eigenvalue weighted by molar-refractivity contribution is 0.672. The van der Waals surface area contributed by atoms with E-state index in [9.17, 15) is 0 Å². The summed E-state index contributed by atoms with van der Waals surface area (Å²) in [6, 6.07) is 70.2. The van der Waals surface area contributed by atoms with Crippen molar-refractivity contribution in [3.05, 3.63) is 242 Å². The van der Waals surface area contributed by atoms with Gasteiger partial charge in [0.15, 0.2) is 0 Å². The lowest BCUT2D eigenvalue weighted by Gasteiger charge is -2.28. The summed E-state index contributed by atoms with van der Waals surface area (Å²) in [6.45, 7) is 4.24. The molecular formula is C60H43NO. The maximum Gasteiger partial charge on any atom is 0.143 e. The number of para-hydroxylation sites is 1. The minimum Gasteiger partial charge on any atom is -0.455 e. The fraction of sp³-hybridized carbons (Fsp3) is 0.0333. The van der Waals surface area contributed by atoms with Gasteiger partial charge < -0.3 is 9.32 Å². The van der Waals surface area contributed by atoms with Gasteiger partial charge in [-0.1, -0.05) is 176 Å². The molecule has 1 unspecified atom stereocenters. The van der Waals surface area contributed by atoms with Gasteiger partial charge in [0.2, 0.25) is 0 Å². The molecule has 0 aliphatic heterocycles. The molecule has 62 heavy (non-hydrogen) atoms. The SMILES string of the molecule is C=C1C=CC=CC1C/C=C/c1ccc(N(c2ccc(-c3cccc(-c4ccc5ccccc5c4)c3)cc2)c2ccccc2-c2ccc3oc4c5ccccc5ccc4c3c2)cc1. The highest BCUT2D eigenvalue weighted by Crippen LogP contribution is 2.43. The monoisotopic (exact) mass is 793 g/mol. The first-order valence-electron chi connectivity index (χ1n) is 21.4. The average molecular weight is 794 g/mol. The molecule has 0 N–H and O–H groups in total. The quantitative estimate of drug-likeness (QED) is 0.145. The number of anilines is 3. The zero-order valence-electron chi connectivity index (χ0n) is 34.3. The van der Waals surface area contributed by atoms with E-state index in [1.54, 1.807) is 0 Å². The largest absolute Gasteiger partial charge is 0.455 e. The van der Waals surface area contributed by atoms with E-state index in [4.69, 9.17) is 4.42 Å². The van der Waals surface area contributed by atoms with Gasteiger partial charge in [-0.2, -0.15) is 0 Å². The number of hydrogen-bond donors (Lipinski definition) is 0. The van der Waals surface area contributed by atoms with Crippen LogP contribution in [0.4, 0.5) is 17.1 Å². The molecule has 1 aliphatic rings. The van der Waals surface area contributed by atoms with Crippen LogP contribution in [0.2, 0.25) is 0 Å². The van der Waals surface area contributed by atoms with E-state index >= 15 is 0 Å². The van der Waals surface area contributed by atoms with Gasteiger partial charge in [0.05, 0.1) is 5.69 Å². The molecule has 1 atom stereocenters. The molecule has 0 saturated heterocycles. The summed E-state index contributed by atoms with van der Waals surface area (Å²) in [5.41, 5.74) is 14.4. The topological polar surface area (TPSA) is 16.4 Å². The number of hydrogen-bond acceptors (Lipinski definition) is 2. The Balaban J connectivity index is 0.973. The van der Waals surface area contributed by atoms with Crippen molar-refractivity contribution in [2.75, 3.05) is 4.90 Å². The fourth-order valence-corrected chi connectivity index (χ4v) is 9.00. The maximum atomic E-state index is 6.52. The number of furan rings is 1. The van der Waals surface area contributed by atoms with Crippen LogP contribution in [0, 0.1) is 5.92 Å². The van der Waals surface area contributed by atoms with E-state index in [0.717, 1.165) is 73.1 Å². The van der Waals surface area contributed by atoms with E-state index in [2.05, 4.69) is 242 Å². The Kier molecular flexibility index (Phi) is 9.52. The maximum absolute atomic E-state index is 6.52. The van der Waals surface area contributed by atoms with E-state index in [-0.39, 0.29) is 0 Å². The molecule has 0 radical (unpaired) electrons. The first kappa shape index (κ1) is 37.1. The Morgan fingerprint density at radius 2 is 1.18 bits per heavy atom. The Morgan fingerprint density at radius 1 is 0.500 bits per heavy atom. The highest BCUT2D eigenvalue weighted by Gasteiger charge is 2.19. The minimum absolute atomic E-state index is 0.338. The van der Waals surface area contributed by atoms with E-state index in [0.29, 0.717) is 5.92 Å². The summed E-state index contributed by atoms with van der Waals surface area (Å²) in [5, 5.41) is 7.04. The molecule has 0 spiro atoms. The van der Waals surface area contributed by atoms with Crippen LogP contribution >= 0.6 is 0 Å². The molecule has 0 bridgehead atoms. The second kappa shape index (κ2) is 15.9. The Hall–Kier alpha value is -7.94. The van der Waals surface area contributed by atoms with Crippen molar-refractivity contribution in [1.29, 1.82) is 0 Å². The van der Waals surface area contributed by atoms with Gasteiger partial charge in [0.1, 0.15) is 11.2 Å². The van der Waals surface area contributed by atoms with Crippen molar-refractivity contribution >= 4 is 66.6 Å². The Bertz CT molecular complexity index is 3400. The summed E-state index contributed by atoms with van der Waals surface area (Å²) in [4.78, 5) is 2.38. The first-order valence-corrected chi connectivity index (χ1v) is 21.4. The molecule has 2 nitrogen and oxygen atoms in total. The molecule has 294 valence electrons. The normalized spacial score (nSPS) is 13.9. The van der Waals surface area contributed by atoms with Gasteiger partial charge in [-0.3, -0.25) is 0 Å². The second-order valence-electron chi connectivity index (χ2n) is 16.2. The fourth-order valence-electron chi connectivity index (χ4n) is 9.00. The van der Waals surface area contributed by atoms with Crippen molar-refractivity contribution in [3.8, 4) is 33.4 Å². The third kappa shape index (κ3) is 7.02. The van der Waals surface area contributed by atoms with Gasteiger partial charge in [-0.05, 0) is 122 Å². The van der Waals surface area contributed by atoms with Crippen LogP contribution in [0.25, 0.3) is 82.9 Å². The summed E-state index contributed by atoms with van der Waals surface area (Å²) in [7, 11) is 0. The molecule has 2 heteroatoms. The van der Waals surface area contributed by atoms with E-state index in [1.165, 1.54) is 38.4 Å². The van der Waals surface area contributed by atoms with Gasteiger partial charge in [0, 0.05) is 39.0 Å². The molecular weight excluding hydrogens is 751 g/mol. The summed E-state index contributed by atoms with van der Waals surface area (Å²) in [5.74, 6) is 0.338. The Morgan fingerprint density at radius 3 is 2.02 bits per heavy atom. The highest BCUT2D eigenvalue weighted by atomic mass is 16.3. The molecule has 9 aromatic carbocycles. The highest BCUT2D eigenvalue weighted by molar-refractivity contribution is 6.15. The van der Waals surface area contributed by atoms with Gasteiger partial charge in [0.25, 0.3) is 0 Å². The van der Waals surface area contributed by atoms with Crippen molar-refractivity contribution in [1.82, 2.24) is 0 Å². The van der Waals surface area contributed by atoms with Crippen LogP contribution in [-0.4, -0.2) is 0 Å². The van der Waals surface area contributed by atoms with Crippen LogP contribution < -0.4 is 4.90 Å². The average Bonchev–Trinajstić information content (AvgIpc) is 3.72. The number of benzene rings is 9. The standard InChI is InChI=1S/C60H43NO/c1-41-12-2-3-14-43(41)18-10-13-42-24-32-52(33-25-42)61(53-34-28-45(29-35-53)48-19-11-20-49(38-48)50-27-26-44-15-4-5-17-47(44)39-50)58-23-9-8-21-54(58)51-31-37-59-57(40-51)56-36-30-46-16-6-7-22-55(46)60(56)62-59/h2-17,19-40,43H,1,18H2/b13-10+. The summed E-state index contributed by atoms with van der Waals surface area (Å²) >= 11 is 0. The van der Waals surface area contributed by atoms with Crippen LogP contribution in [0.3, 0.4) is 0 Å². The third-order valence-electron chi connectivity index (χ3n) is 12.3. The van der Waals surface area contributed by atoms with E-state index < -0.39 is 0 Å². The molecule has 0 saturated carbocycles. The third-order valence-corrected chi connectivity index (χ3v) is 12.3. The molecule has 1 aromatic heterocycles. The van der Waals surface area contributed by atoms with Crippen LogP contribution in [0.5, 0.6) is 0 Å². The van der Waals surface area contributed by atoms with Crippen molar-refractivity contribution < 1.29 is 4.42 Å². The number of nitrogens with zero attached hydrogens (tertiary/aromatic N) is 1. The smallest absolute Gasteiger partial charge is 0.143 e.